The molecule has 0 aliphatic carbocycles. The van der Waals surface area contributed by atoms with Crippen molar-refractivity contribution < 1.29 is 28.2 Å². The second kappa shape index (κ2) is 8.66. The minimum Gasteiger partial charge on any atom is -0.494 e. The van der Waals surface area contributed by atoms with Crippen molar-refractivity contribution in [3.05, 3.63) is 53.1 Å². The molecule has 31 heavy (non-hydrogen) atoms. The van der Waals surface area contributed by atoms with Gasteiger partial charge in [-0.15, -0.1) is 0 Å². The van der Waals surface area contributed by atoms with Gasteiger partial charge < -0.3 is 15.2 Å². The third-order valence-corrected chi connectivity index (χ3v) is 7.19. The molecule has 0 radical (unpaired) electrons. The average Bonchev–Trinajstić information content (AvgIpc) is 2.65. The van der Waals surface area contributed by atoms with E-state index in [1.165, 1.54) is 0 Å². The summed E-state index contributed by atoms with van der Waals surface area (Å²) in [5.74, 6) is -1.47. The summed E-state index contributed by atoms with van der Waals surface area (Å²) in [5.41, 5.74) is 1.27. The second-order valence-electron chi connectivity index (χ2n) is 8.48. The highest BCUT2D eigenvalue weighted by Gasteiger charge is 2.36. The Morgan fingerprint density at radius 1 is 1.19 bits per heavy atom. The monoisotopic (exact) mass is 448 g/mol. The molecular formula is C22H26F2N2O4Si. The molecular weight excluding hydrogens is 422 g/mol. The van der Waals surface area contributed by atoms with Gasteiger partial charge in [0.25, 0.3) is 5.91 Å². The van der Waals surface area contributed by atoms with Gasteiger partial charge >= 0.3 is 6.09 Å². The Morgan fingerprint density at radius 2 is 1.84 bits per heavy atom. The number of rotatable bonds is 5. The zero-order valence-electron chi connectivity index (χ0n) is 18.0. The first kappa shape index (κ1) is 22.7. The van der Waals surface area contributed by atoms with Gasteiger partial charge in [-0.2, -0.15) is 0 Å². The first-order valence-corrected chi connectivity index (χ1v) is 13.6. The van der Waals surface area contributed by atoms with Crippen LogP contribution in [0.4, 0.5) is 19.3 Å². The number of nitrogens with zero attached hydrogens (tertiary/aromatic N) is 1. The fraction of sp³-hybridized carbons (Fsp3) is 0.364. The number of ether oxygens (including phenoxy) is 1. The van der Waals surface area contributed by atoms with Gasteiger partial charge in [0.1, 0.15) is 23.4 Å². The molecule has 1 atom stereocenters. The maximum absolute atomic E-state index is 14.6. The highest BCUT2D eigenvalue weighted by atomic mass is 28.3. The number of carboxylic acid groups (broad SMARTS) is 1. The van der Waals surface area contributed by atoms with E-state index in [9.17, 15) is 23.5 Å². The number of anilines is 1. The molecule has 0 fully saturated rings. The van der Waals surface area contributed by atoms with Crippen molar-refractivity contribution in [2.75, 3.05) is 18.5 Å². The summed E-state index contributed by atoms with van der Waals surface area (Å²) >= 11 is 0. The van der Waals surface area contributed by atoms with Crippen molar-refractivity contribution in [2.45, 2.75) is 39.0 Å². The Balaban J connectivity index is 1.95. The van der Waals surface area contributed by atoms with E-state index in [4.69, 9.17) is 4.74 Å². The molecule has 9 heteroatoms. The second-order valence-corrected chi connectivity index (χ2v) is 13.5. The van der Waals surface area contributed by atoms with Crippen molar-refractivity contribution in [3.63, 3.8) is 0 Å². The van der Waals surface area contributed by atoms with Crippen molar-refractivity contribution in [2.24, 2.45) is 0 Å². The number of carbonyl (C=O) groups is 2. The molecule has 0 saturated carbocycles. The number of fused-ring (bicyclic) bond motifs is 1. The summed E-state index contributed by atoms with van der Waals surface area (Å²) < 4.78 is 34.7. The van der Waals surface area contributed by atoms with Gasteiger partial charge in [0.15, 0.2) is 0 Å². The lowest BCUT2D eigenvalue weighted by Crippen LogP contribution is -2.45. The van der Waals surface area contributed by atoms with E-state index < -0.39 is 37.8 Å². The van der Waals surface area contributed by atoms with E-state index in [-0.39, 0.29) is 17.4 Å². The predicted octanol–water partition coefficient (Wildman–Crippen LogP) is 4.12. The number of amides is 2. The summed E-state index contributed by atoms with van der Waals surface area (Å²) in [6.07, 6.45) is -0.813. The number of hydrogen-bond donors (Lipinski definition) is 2. The van der Waals surface area contributed by atoms with Crippen LogP contribution in [0.25, 0.3) is 0 Å². The number of nitrogens with one attached hydrogen (secondary N) is 1. The molecule has 2 aromatic rings. The van der Waals surface area contributed by atoms with Crippen LogP contribution in [0.15, 0.2) is 30.3 Å². The maximum Gasteiger partial charge on any atom is 0.408 e. The van der Waals surface area contributed by atoms with Crippen LogP contribution in [0.5, 0.6) is 5.75 Å². The first-order chi connectivity index (χ1) is 14.5. The van der Waals surface area contributed by atoms with Crippen molar-refractivity contribution in [1.29, 1.82) is 0 Å². The normalized spacial score (nSPS) is 15.9. The zero-order valence-corrected chi connectivity index (χ0v) is 19.0. The third kappa shape index (κ3) is 4.71. The van der Waals surface area contributed by atoms with Crippen LogP contribution in [0.1, 0.15) is 24.1 Å². The highest BCUT2D eigenvalue weighted by molar-refractivity contribution is 6.88. The van der Waals surface area contributed by atoms with Crippen LogP contribution in [0, 0.1) is 11.6 Å². The number of benzene rings is 2. The first-order valence-electron chi connectivity index (χ1n) is 10.1. The lowest BCUT2D eigenvalue weighted by Gasteiger charge is -2.34. The molecule has 3 rings (SSSR count). The summed E-state index contributed by atoms with van der Waals surface area (Å²) in [6, 6.07) is 6.16. The third-order valence-electron chi connectivity index (χ3n) is 5.21. The summed E-state index contributed by atoms with van der Waals surface area (Å²) in [4.78, 5) is 25.9. The topological polar surface area (TPSA) is 78.9 Å². The minimum absolute atomic E-state index is 0.0506. The molecule has 1 heterocycles. The van der Waals surface area contributed by atoms with Crippen LogP contribution in [-0.2, 0) is 11.2 Å². The number of hydrogen-bond acceptors (Lipinski definition) is 3. The van der Waals surface area contributed by atoms with Gasteiger partial charge in [-0.1, -0.05) is 25.7 Å². The Hall–Kier alpha value is -2.94. The average molecular weight is 449 g/mol. The standard InChI is InChI=1S/C22H26F2N2O4Si/c1-5-30-15-6-7-16-13(10-15)8-9-26(22(28)29)19(16)21(27)25-14-11-17(23)20(18(24)12-14)31(2,3)4/h6-7,10-12,19H,5,8-9H2,1-4H3,(H,25,27)(H,28,29)/t19-/m1/s1. The van der Waals surface area contributed by atoms with Crippen LogP contribution in [0.3, 0.4) is 0 Å². The Labute approximate surface area is 180 Å². The Kier molecular flexibility index (Phi) is 6.35. The minimum atomic E-state index is -2.26. The van der Waals surface area contributed by atoms with E-state index in [0.717, 1.165) is 22.6 Å². The SMILES string of the molecule is CCOc1ccc2c(c1)CCN(C(=O)O)[C@H]2C(=O)Nc1cc(F)c([Si](C)(C)C)c(F)c1. The van der Waals surface area contributed by atoms with Gasteiger partial charge in [-0.25, -0.2) is 13.6 Å². The quantitative estimate of drug-likeness (QED) is 0.675. The molecule has 0 unspecified atom stereocenters. The van der Waals surface area contributed by atoms with Crippen LogP contribution in [-0.4, -0.2) is 43.2 Å². The van der Waals surface area contributed by atoms with Crippen molar-refractivity contribution in [1.82, 2.24) is 4.90 Å². The van der Waals surface area contributed by atoms with Crippen LogP contribution < -0.4 is 15.2 Å². The van der Waals surface area contributed by atoms with E-state index in [0.29, 0.717) is 24.3 Å². The summed E-state index contributed by atoms with van der Waals surface area (Å²) in [7, 11) is -2.26. The maximum atomic E-state index is 14.6. The van der Waals surface area contributed by atoms with Gasteiger partial charge in [0.05, 0.1) is 14.7 Å². The molecule has 1 aliphatic heterocycles. The van der Waals surface area contributed by atoms with Crippen LogP contribution >= 0.6 is 0 Å². The zero-order chi connectivity index (χ0) is 22.9. The molecule has 2 N–H and O–H groups in total. The molecule has 0 bridgehead atoms. The lowest BCUT2D eigenvalue weighted by molar-refractivity contribution is -0.121. The molecule has 0 aromatic heterocycles. The van der Waals surface area contributed by atoms with Gasteiger partial charge in [-0.05, 0) is 48.7 Å². The smallest absolute Gasteiger partial charge is 0.408 e. The van der Waals surface area contributed by atoms with E-state index in [2.05, 4.69) is 5.32 Å². The highest BCUT2D eigenvalue weighted by Crippen LogP contribution is 2.33. The molecule has 2 aromatic carbocycles. The fourth-order valence-electron chi connectivity index (χ4n) is 3.92. The van der Waals surface area contributed by atoms with Crippen molar-refractivity contribution in [3.8, 4) is 5.75 Å². The van der Waals surface area contributed by atoms with Gasteiger partial charge in [0.2, 0.25) is 0 Å². The lowest BCUT2D eigenvalue weighted by atomic mass is 9.92. The van der Waals surface area contributed by atoms with Crippen molar-refractivity contribution >= 4 is 30.9 Å². The summed E-state index contributed by atoms with van der Waals surface area (Å²) in [5, 5.41) is 12.2. The van der Waals surface area contributed by atoms with Gasteiger partial charge in [0, 0.05) is 17.4 Å². The number of halogens is 2. The molecule has 1 aliphatic rings. The van der Waals surface area contributed by atoms with E-state index in [1.807, 2.05) is 26.6 Å². The Bertz CT molecular complexity index is 1000. The fourth-order valence-corrected chi connectivity index (χ4v) is 5.50. The van der Waals surface area contributed by atoms with Crippen LogP contribution in [0.2, 0.25) is 19.6 Å². The molecule has 6 nitrogen and oxygen atoms in total. The predicted molar refractivity (Wildman–Crippen MR) is 117 cm³/mol. The largest absolute Gasteiger partial charge is 0.494 e. The van der Waals surface area contributed by atoms with E-state index in [1.54, 1.807) is 18.2 Å². The molecule has 166 valence electrons. The number of carbonyl (C=O) groups excluding carboxylic acids is 1. The Morgan fingerprint density at radius 3 is 2.39 bits per heavy atom. The molecule has 0 saturated heterocycles. The van der Waals surface area contributed by atoms with Gasteiger partial charge in [-0.3, -0.25) is 9.69 Å². The van der Waals surface area contributed by atoms with E-state index >= 15 is 0 Å². The molecule has 0 spiro atoms. The summed E-state index contributed by atoms with van der Waals surface area (Å²) in [6.45, 7) is 7.93. The molecule has 2 amide bonds.